The van der Waals surface area contributed by atoms with Gasteiger partial charge in [-0.15, -0.1) is 0 Å². The molecule has 0 aliphatic carbocycles. The number of rotatable bonds is 5. The van der Waals surface area contributed by atoms with Crippen molar-refractivity contribution in [3.63, 3.8) is 0 Å². The molecule has 1 fully saturated rings. The molecule has 0 radical (unpaired) electrons. The van der Waals surface area contributed by atoms with Gasteiger partial charge in [0.25, 0.3) is 0 Å². The average molecular weight is 284 g/mol. The third kappa shape index (κ3) is 4.11. The van der Waals surface area contributed by atoms with Gasteiger partial charge in [-0.05, 0) is 24.7 Å². The zero-order valence-corrected chi connectivity index (χ0v) is 12.1. The molecule has 1 aliphatic rings. The van der Waals surface area contributed by atoms with Crippen LogP contribution in [0.3, 0.4) is 0 Å². The summed E-state index contributed by atoms with van der Waals surface area (Å²) in [6, 6.07) is 0. The molecule has 0 bridgehead atoms. The second kappa shape index (κ2) is 7.12. The quantitative estimate of drug-likeness (QED) is 0.287. The summed E-state index contributed by atoms with van der Waals surface area (Å²) < 4.78 is 0. The lowest BCUT2D eigenvalue weighted by molar-refractivity contribution is -0.136. The largest absolute Gasteiger partial charge is 0.409 e. The van der Waals surface area contributed by atoms with Gasteiger partial charge in [-0.1, -0.05) is 19.0 Å². The standard InChI is InChI=1S/C13H24N4O3/c1-8(2)11(12(15)16-20)13(19)17-5-3-9(4-6-17)7-10(14)18/h8-9,11,20H,3-7H2,1-2H3,(H2,14,18)(H2,15,16). The first-order chi connectivity index (χ1) is 9.36. The number of nitrogens with two attached hydrogens (primary N) is 2. The zero-order valence-electron chi connectivity index (χ0n) is 12.1. The second-order valence-corrected chi connectivity index (χ2v) is 5.69. The van der Waals surface area contributed by atoms with E-state index in [0.717, 1.165) is 12.8 Å². The van der Waals surface area contributed by atoms with Gasteiger partial charge in [-0.25, -0.2) is 0 Å². The fourth-order valence-electron chi connectivity index (χ4n) is 2.65. The predicted octanol–water partition coefficient (Wildman–Crippen LogP) is 0.119. The summed E-state index contributed by atoms with van der Waals surface area (Å²) in [7, 11) is 0. The van der Waals surface area contributed by atoms with Crippen molar-refractivity contribution in [2.24, 2.45) is 34.4 Å². The number of amidine groups is 1. The Balaban J connectivity index is 2.63. The van der Waals surface area contributed by atoms with Crippen LogP contribution in [0.5, 0.6) is 0 Å². The lowest BCUT2D eigenvalue weighted by Crippen LogP contribution is -2.47. The summed E-state index contributed by atoms with van der Waals surface area (Å²) in [5.74, 6) is -0.865. The van der Waals surface area contributed by atoms with Gasteiger partial charge in [-0.2, -0.15) is 0 Å². The van der Waals surface area contributed by atoms with Crippen LogP contribution in [0, 0.1) is 17.8 Å². The summed E-state index contributed by atoms with van der Waals surface area (Å²) in [4.78, 5) is 25.0. The first-order valence-electron chi connectivity index (χ1n) is 6.91. The molecule has 0 aromatic heterocycles. The summed E-state index contributed by atoms with van der Waals surface area (Å²) >= 11 is 0. The lowest BCUT2D eigenvalue weighted by Gasteiger charge is -2.34. The predicted molar refractivity (Wildman–Crippen MR) is 74.9 cm³/mol. The highest BCUT2D eigenvalue weighted by atomic mass is 16.4. The van der Waals surface area contributed by atoms with Crippen LogP contribution in [0.4, 0.5) is 0 Å². The zero-order chi connectivity index (χ0) is 15.3. The first kappa shape index (κ1) is 16.3. The number of piperidine rings is 1. The van der Waals surface area contributed by atoms with Crippen molar-refractivity contribution in [1.82, 2.24) is 4.90 Å². The van der Waals surface area contributed by atoms with Gasteiger partial charge in [0.2, 0.25) is 11.8 Å². The topological polar surface area (TPSA) is 122 Å². The molecular formula is C13H24N4O3. The van der Waals surface area contributed by atoms with Crippen LogP contribution in [0.25, 0.3) is 0 Å². The number of likely N-dealkylation sites (tertiary alicyclic amines) is 1. The van der Waals surface area contributed by atoms with Crippen molar-refractivity contribution in [3.8, 4) is 0 Å². The van der Waals surface area contributed by atoms with Crippen LogP contribution < -0.4 is 11.5 Å². The molecule has 0 aromatic carbocycles. The third-order valence-electron chi connectivity index (χ3n) is 3.78. The molecule has 1 heterocycles. The molecule has 20 heavy (non-hydrogen) atoms. The van der Waals surface area contributed by atoms with E-state index in [0.29, 0.717) is 19.5 Å². The summed E-state index contributed by atoms with van der Waals surface area (Å²) in [6.07, 6.45) is 1.89. The van der Waals surface area contributed by atoms with Crippen molar-refractivity contribution in [1.29, 1.82) is 0 Å². The molecule has 1 unspecified atom stereocenters. The highest BCUT2D eigenvalue weighted by Crippen LogP contribution is 2.23. The van der Waals surface area contributed by atoms with Crippen molar-refractivity contribution in [3.05, 3.63) is 0 Å². The Hall–Kier alpha value is -1.79. The van der Waals surface area contributed by atoms with Gasteiger partial charge in [-0.3, -0.25) is 9.59 Å². The molecule has 1 saturated heterocycles. The highest BCUT2D eigenvalue weighted by molar-refractivity contribution is 6.02. The first-order valence-corrected chi connectivity index (χ1v) is 6.91. The molecule has 1 aliphatic heterocycles. The minimum absolute atomic E-state index is 0.0401. The van der Waals surface area contributed by atoms with Crippen molar-refractivity contribution < 1.29 is 14.8 Å². The molecule has 0 spiro atoms. The maximum Gasteiger partial charge on any atom is 0.233 e. The molecule has 0 saturated carbocycles. The molecule has 1 atom stereocenters. The van der Waals surface area contributed by atoms with Crippen LogP contribution >= 0.6 is 0 Å². The normalized spacial score (nSPS) is 19.1. The maximum absolute atomic E-state index is 12.4. The van der Waals surface area contributed by atoms with Crippen LogP contribution in [0.15, 0.2) is 5.16 Å². The van der Waals surface area contributed by atoms with E-state index < -0.39 is 5.92 Å². The third-order valence-corrected chi connectivity index (χ3v) is 3.78. The Labute approximate surface area is 119 Å². The Morgan fingerprint density at radius 1 is 1.30 bits per heavy atom. The molecular weight excluding hydrogens is 260 g/mol. The van der Waals surface area contributed by atoms with Crippen LogP contribution in [0.2, 0.25) is 0 Å². The van der Waals surface area contributed by atoms with Crippen LogP contribution in [-0.4, -0.2) is 40.8 Å². The van der Waals surface area contributed by atoms with Gasteiger partial charge in [0, 0.05) is 19.5 Å². The molecule has 5 N–H and O–H groups in total. The number of hydrogen-bond acceptors (Lipinski definition) is 4. The van der Waals surface area contributed by atoms with E-state index in [2.05, 4.69) is 5.16 Å². The van der Waals surface area contributed by atoms with Gasteiger partial charge in [0.15, 0.2) is 5.84 Å². The Kier molecular flexibility index (Phi) is 5.79. The average Bonchev–Trinajstić information content (AvgIpc) is 2.38. The van der Waals surface area contributed by atoms with E-state index in [9.17, 15) is 9.59 Å². The van der Waals surface area contributed by atoms with Gasteiger partial charge >= 0.3 is 0 Å². The van der Waals surface area contributed by atoms with Gasteiger partial charge in [0.05, 0.1) is 0 Å². The highest BCUT2D eigenvalue weighted by Gasteiger charge is 2.33. The smallest absolute Gasteiger partial charge is 0.233 e. The fourth-order valence-corrected chi connectivity index (χ4v) is 2.65. The van der Waals surface area contributed by atoms with Gasteiger partial charge in [0.1, 0.15) is 5.92 Å². The summed E-state index contributed by atoms with van der Waals surface area (Å²) in [6.45, 7) is 4.89. The van der Waals surface area contributed by atoms with E-state index in [1.807, 2.05) is 13.8 Å². The number of carbonyl (C=O) groups is 2. The van der Waals surface area contributed by atoms with Crippen LogP contribution in [-0.2, 0) is 9.59 Å². The molecule has 114 valence electrons. The number of hydrogen-bond donors (Lipinski definition) is 3. The van der Waals surface area contributed by atoms with Crippen molar-refractivity contribution >= 4 is 17.6 Å². The Morgan fingerprint density at radius 3 is 2.25 bits per heavy atom. The van der Waals surface area contributed by atoms with E-state index in [-0.39, 0.29) is 29.5 Å². The number of nitrogens with zero attached hydrogens (tertiary/aromatic N) is 2. The van der Waals surface area contributed by atoms with E-state index in [4.69, 9.17) is 16.7 Å². The fraction of sp³-hybridized carbons (Fsp3) is 0.769. The molecule has 1 rings (SSSR count). The summed E-state index contributed by atoms with van der Waals surface area (Å²) in [5, 5.41) is 11.7. The minimum Gasteiger partial charge on any atom is -0.409 e. The van der Waals surface area contributed by atoms with Gasteiger partial charge < -0.3 is 21.6 Å². The maximum atomic E-state index is 12.4. The summed E-state index contributed by atoms with van der Waals surface area (Å²) in [5.41, 5.74) is 10.8. The number of carbonyl (C=O) groups excluding carboxylic acids is 2. The second-order valence-electron chi connectivity index (χ2n) is 5.69. The number of primary amides is 1. The monoisotopic (exact) mass is 284 g/mol. The SMILES string of the molecule is CC(C)C(C(=O)N1CCC(CC(N)=O)CC1)C(N)=NO. The van der Waals surface area contributed by atoms with Crippen molar-refractivity contribution in [2.45, 2.75) is 33.1 Å². The minimum atomic E-state index is -0.604. The lowest BCUT2D eigenvalue weighted by atomic mass is 9.89. The molecule has 2 amide bonds. The molecule has 7 heteroatoms. The van der Waals surface area contributed by atoms with E-state index in [1.54, 1.807) is 4.90 Å². The molecule has 0 aromatic rings. The number of oxime groups is 1. The van der Waals surface area contributed by atoms with E-state index in [1.165, 1.54) is 0 Å². The Morgan fingerprint density at radius 2 is 1.85 bits per heavy atom. The van der Waals surface area contributed by atoms with E-state index >= 15 is 0 Å². The van der Waals surface area contributed by atoms with Crippen molar-refractivity contribution in [2.75, 3.05) is 13.1 Å². The number of amides is 2. The molecule has 7 nitrogen and oxygen atoms in total. The Bertz CT molecular complexity index is 387. The van der Waals surface area contributed by atoms with Crippen LogP contribution in [0.1, 0.15) is 33.1 Å².